The minimum atomic E-state index is -0.0299. The van der Waals surface area contributed by atoms with E-state index in [0.717, 1.165) is 11.3 Å². The van der Waals surface area contributed by atoms with Crippen molar-refractivity contribution in [2.45, 2.75) is 19.8 Å². The lowest BCUT2D eigenvalue weighted by atomic mass is 10.1. The SMILES string of the molecule is CCOc1ccc(CC(=O)NCCc2nn[nH]n2)cc1. The highest BCUT2D eigenvalue weighted by molar-refractivity contribution is 5.78. The van der Waals surface area contributed by atoms with E-state index in [0.29, 0.717) is 31.8 Å². The summed E-state index contributed by atoms with van der Waals surface area (Å²) in [4.78, 5) is 11.7. The Morgan fingerprint density at radius 3 is 2.80 bits per heavy atom. The van der Waals surface area contributed by atoms with Crippen LogP contribution in [-0.4, -0.2) is 39.7 Å². The number of ether oxygens (including phenoxy) is 1. The molecule has 0 spiro atoms. The van der Waals surface area contributed by atoms with Gasteiger partial charge >= 0.3 is 0 Å². The standard InChI is InChI=1S/C13H17N5O2/c1-2-20-11-5-3-10(4-6-11)9-13(19)14-8-7-12-15-17-18-16-12/h3-6H,2,7-9H2,1H3,(H,14,19)(H,15,16,17,18). The highest BCUT2D eigenvalue weighted by atomic mass is 16.5. The Kier molecular flexibility index (Phi) is 5.05. The van der Waals surface area contributed by atoms with E-state index in [9.17, 15) is 4.79 Å². The van der Waals surface area contributed by atoms with Gasteiger partial charge in [-0.1, -0.05) is 17.3 Å². The quantitative estimate of drug-likeness (QED) is 0.767. The van der Waals surface area contributed by atoms with Crippen molar-refractivity contribution in [2.75, 3.05) is 13.2 Å². The summed E-state index contributed by atoms with van der Waals surface area (Å²) in [7, 11) is 0. The number of nitrogens with one attached hydrogen (secondary N) is 2. The molecule has 2 rings (SSSR count). The van der Waals surface area contributed by atoms with Crippen LogP contribution in [0, 0.1) is 0 Å². The molecule has 0 fully saturated rings. The molecular formula is C13H17N5O2. The molecule has 0 unspecified atom stereocenters. The van der Waals surface area contributed by atoms with Crippen molar-refractivity contribution in [2.24, 2.45) is 0 Å². The van der Waals surface area contributed by atoms with Crippen LogP contribution in [0.25, 0.3) is 0 Å². The predicted octanol–water partition coefficient (Wildman–Crippen LogP) is 0.500. The number of H-pyrrole nitrogens is 1. The van der Waals surface area contributed by atoms with E-state index >= 15 is 0 Å². The summed E-state index contributed by atoms with van der Waals surface area (Å²) in [5.74, 6) is 1.37. The van der Waals surface area contributed by atoms with Crippen LogP contribution in [0.4, 0.5) is 0 Å². The summed E-state index contributed by atoms with van der Waals surface area (Å²) in [6, 6.07) is 7.52. The van der Waals surface area contributed by atoms with Crippen LogP contribution in [0.3, 0.4) is 0 Å². The fraction of sp³-hybridized carbons (Fsp3) is 0.385. The molecule has 2 aromatic rings. The molecule has 0 saturated heterocycles. The van der Waals surface area contributed by atoms with Crippen LogP contribution in [0.15, 0.2) is 24.3 Å². The van der Waals surface area contributed by atoms with Crippen molar-refractivity contribution < 1.29 is 9.53 Å². The number of rotatable bonds is 7. The largest absolute Gasteiger partial charge is 0.494 e. The molecule has 0 bridgehead atoms. The van der Waals surface area contributed by atoms with Crippen LogP contribution >= 0.6 is 0 Å². The fourth-order valence-corrected chi connectivity index (χ4v) is 1.72. The van der Waals surface area contributed by atoms with Crippen LogP contribution in [-0.2, 0) is 17.6 Å². The zero-order valence-electron chi connectivity index (χ0n) is 11.3. The molecule has 7 nitrogen and oxygen atoms in total. The molecule has 0 aliphatic rings. The number of aromatic nitrogens is 4. The van der Waals surface area contributed by atoms with E-state index in [-0.39, 0.29) is 5.91 Å². The summed E-state index contributed by atoms with van der Waals surface area (Å²) >= 11 is 0. The number of carbonyl (C=O) groups excluding carboxylic acids is 1. The van der Waals surface area contributed by atoms with E-state index in [4.69, 9.17) is 4.74 Å². The summed E-state index contributed by atoms with van der Waals surface area (Å²) in [6.45, 7) is 3.07. The maximum atomic E-state index is 11.7. The maximum Gasteiger partial charge on any atom is 0.224 e. The van der Waals surface area contributed by atoms with E-state index in [2.05, 4.69) is 25.9 Å². The zero-order chi connectivity index (χ0) is 14.2. The normalized spacial score (nSPS) is 10.2. The highest BCUT2D eigenvalue weighted by Gasteiger charge is 2.04. The predicted molar refractivity (Wildman–Crippen MR) is 72.2 cm³/mol. The van der Waals surface area contributed by atoms with Gasteiger partial charge in [-0.3, -0.25) is 4.79 Å². The molecule has 1 aromatic carbocycles. The van der Waals surface area contributed by atoms with Crippen molar-refractivity contribution in [3.63, 3.8) is 0 Å². The Hall–Kier alpha value is -2.44. The van der Waals surface area contributed by atoms with Crippen molar-refractivity contribution in [3.05, 3.63) is 35.7 Å². The Labute approximate surface area is 116 Å². The average Bonchev–Trinajstić information content (AvgIpc) is 2.94. The number of tetrazole rings is 1. The molecule has 2 N–H and O–H groups in total. The fourth-order valence-electron chi connectivity index (χ4n) is 1.72. The van der Waals surface area contributed by atoms with Gasteiger partial charge in [0.25, 0.3) is 0 Å². The first-order valence-corrected chi connectivity index (χ1v) is 6.48. The topological polar surface area (TPSA) is 92.8 Å². The van der Waals surface area contributed by atoms with Gasteiger partial charge < -0.3 is 10.1 Å². The van der Waals surface area contributed by atoms with Crippen molar-refractivity contribution >= 4 is 5.91 Å². The van der Waals surface area contributed by atoms with Crippen LogP contribution in [0.1, 0.15) is 18.3 Å². The van der Waals surface area contributed by atoms with Crippen molar-refractivity contribution in [1.82, 2.24) is 25.9 Å². The van der Waals surface area contributed by atoms with E-state index in [1.54, 1.807) is 0 Å². The third-order valence-corrected chi connectivity index (χ3v) is 2.66. The third-order valence-electron chi connectivity index (χ3n) is 2.66. The second-order valence-electron chi connectivity index (χ2n) is 4.18. The zero-order valence-corrected chi connectivity index (χ0v) is 11.3. The molecule has 0 radical (unpaired) electrons. The molecule has 20 heavy (non-hydrogen) atoms. The van der Waals surface area contributed by atoms with Gasteiger partial charge in [0, 0.05) is 13.0 Å². The van der Waals surface area contributed by atoms with Crippen molar-refractivity contribution in [3.8, 4) is 5.75 Å². The molecule has 7 heteroatoms. The summed E-state index contributed by atoms with van der Waals surface area (Å²) in [6.07, 6.45) is 0.907. The highest BCUT2D eigenvalue weighted by Crippen LogP contribution is 2.12. The Balaban J connectivity index is 1.73. The Morgan fingerprint density at radius 1 is 1.35 bits per heavy atom. The van der Waals surface area contributed by atoms with Crippen LogP contribution in [0.2, 0.25) is 0 Å². The molecule has 0 saturated carbocycles. The molecule has 1 amide bonds. The summed E-state index contributed by atoms with van der Waals surface area (Å²) in [5, 5.41) is 16.3. The maximum absolute atomic E-state index is 11.7. The average molecular weight is 275 g/mol. The Morgan fingerprint density at radius 2 is 2.15 bits per heavy atom. The van der Waals surface area contributed by atoms with Gasteiger partial charge in [-0.2, -0.15) is 5.21 Å². The van der Waals surface area contributed by atoms with E-state index < -0.39 is 0 Å². The van der Waals surface area contributed by atoms with Crippen LogP contribution in [0.5, 0.6) is 5.75 Å². The van der Waals surface area contributed by atoms with Gasteiger partial charge in [-0.25, -0.2) is 0 Å². The second-order valence-corrected chi connectivity index (χ2v) is 4.18. The van der Waals surface area contributed by atoms with Gasteiger partial charge in [0.15, 0.2) is 5.82 Å². The second kappa shape index (κ2) is 7.22. The first-order chi connectivity index (χ1) is 9.78. The molecule has 0 aliphatic carbocycles. The number of carbonyl (C=O) groups is 1. The molecule has 106 valence electrons. The number of nitrogens with zero attached hydrogens (tertiary/aromatic N) is 3. The first-order valence-electron chi connectivity index (χ1n) is 6.48. The van der Waals surface area contributed by atoms with Gasteiger partial charge in [-0.15, -0.1) is 10.2 Å². The molecule has 1 heterocycles. The van der Waals surface area contributed by atoms with Gasteiger partial charge in [-0.05, 0) is 24.6 Å². The number of aromatic amines is 1. The monoisotopic (exact) mass is 275 g/mol. The molecule has 0 atom stereocenters. The van der Waals surface area contributed by atoms with E-state index in [1.165, 1.54) is 0 Å². The lowest BCUT2D eigenvalue weighted by Crippen LogP contribution is -2.27. The smallest absolute Gasteiger partial charge is 0.224 e. The minimum absolute atomic E-state index is 0.0299. The third kappa shape index (κ3) is 4.34. The minimum Gasteiger partial charge on any atom is -0.494 e. The number of benzene rings is 1. The summed E-state index contributed by atoms with van der Waals surface area (Å²) in [5.41, 5.74) is 0.950. The number of amides is 1. The first kappa shape index (κ1) is 14.0. The molecular weight excluding hydrogens is 258 g/mol. The van der Waals surface area contributed by atoms with Gasteiger partial charge in [0.1, 0.15) is 5.75 Å². The van der Waals surface area contributed by atoms with Gasteiger partial charge in [0.2, 0.25) is 5.91 Å². The Bertz CT molecular complexity index is 524. The molecule has 1 aromatic heterocycles. The number of hydrogen-bond acceptors (Lipinski definition) is 5. The number of hydrogen-bond donors (Lipinski definition) is 2. The van der Waals surface area contributed by atoms with Crippen LogP contribution < -0.4 is 10.1 Å². The van der Waals surface area contributed by atoms with Gasteiger partial charge in [0.05, 0.1) is 13.0 Å². The summed E-state index contributed by atoms with van der Waals surface area (Å²) < 4.78 is 5.35. The van der Waals surface area contributed by atoms with E-state index in [1.807, 2.05) is 31.2 Å². The lowest BCUT2D eigenvalue weighted by Gasteiger charge is -2.06. The molecule has 0 aliphatic heterocycles. The lowest BCUT2D eigenvalue weighted by molar-refractivity contribution is -0.120. The van der Waals surface area contributed by atoms with Crippen molar-refractivity contribution in [1.29, 1.82) is 0 Å².